The number of carboxylic acid groups (broad SMARTS) is 4. The molecule has 0 bridgehead atoms. The van der Waals surface area contributed by atoms with E-state index < -0.39 is 337 Å². The van der Waals surface area contributed by atoms with Gasteiger partial charge in [-0.1, -0.05) is 0 Å². The molecule has 0 spiro atoms. The van der Waals surface area contributed by atoms with E-state index in [1.807, 2.05) is 0 Å². The van der Waals surface area contributed by atoms with Crippen LogP contribution in [0.25, 0.3) is 0 Å². The molecule has 8 rings (SSSR count). The van der Waals surface area contributed by atoms with Gasteiger partial charge in [0.15, 0.2) is 74.7 Å². The third-order valence-electron chi connectivity index (χ3n) is 19.0. The lowest BCUT2D eigenvalue weighted by molar-refractivity contribution is -0.380. The standard InChI is InChI=1S/C54H91N5O53S4/c1-59-5-3-2-4-6-93-51-28(69)24(65)35(39(109-51)43(73)74)106-48-16(56)21(62)32(12(99-48)8-95-114(84,85)86)103-53-30(71)26(67)37(41(111-53)45(77)78)108-50-18(58)23(64)34(14(101-50)10-97-116(90,91)92)104-54-31(72)27(68)38(42(112-54)46(79)80)107-49-17(57)22(63)33(13(100-49)9-96-115(87,88)89)102-52-29(70)25(66)36(40(110-52)44(75)76)105-47-15(55)20(61)19(60)11(98-47)7-94-113(81,82)83/h11-42,47-54,59-72H,2-10,55-58H2,1H3,(H,73,74)(H,75,76)(H,77,78)(H,79,80)(H,81,82,83)(H,84,85,86)(H,87,88,89)(H,90,91,92). The summed E-state index contributed by atoms with van der Waals surface area (Å²) in [6, 6.07) is -8.41. The number of nitrogens with one attached hydrogen (secondary N) is 1. The molecule has 8 saturated heterocycles. The van der Waals surface area contributed by atoms with E-state index in [1.165, 1.54) is 0 Å². The Bertz CT molecular complexity index is 3720. The van der Waals surface area contributed by atoms with Crippen molar-refractivity contribution in [1.29, 1.82) is 0 Å². The van der Waals surface area contributed by atoms with Gasteiger partial charge in [0.2, 0.25) is 0 Å². The van der Waals surface area contributed by atoms with Gasteiger partial charge in [-0.05, 0) is 32.9 Å². The van der Waals surface area contributed by atoms with Gasteiger partial charge in [0.05, 0.1) is 50.6 Å². The summed E-state index contributed by atoms with van der Waals surface area (Å²) in [4.78, 5) is 51.1. The van der Waals surface area contributed by atoms with Gasteiger partial charge >= 0.3 is 65.5 Å². The third kappa shape index (κ3) is 24.3. The molecule has 58 nitrogen and oxygen atoms in total. The largest absolute Gasteiger partial charge is 0.479 e. The van der Waals surface area contributed by atoms with Gasteiger partial charge in [-0.2, -0.15) is 33.7 Å². The quantitative estimate of drug-likeness (QED) is 0.0203. The van der Waals surface area contributed by atoms with Crippen LogP contribution in [0, 0.1) is 0 Å². The maximum atomic E-state index is 13.0. The second kappa shape index (κ2) is 40.5. The van der Waals surface area contributed by atoms with Crippen LogP contribution in [0.5, 0.6) is 0 Å². The van der Waals surface area contributed by atoms with E-state index in [9.17, 15) is 153 Å². The second-order valence-corrected chi connectivity index (χ2v) is 31.4. The number of carboxylic acids is 4. The molecule has 8 aliphatic heterocycles. The Morgan fingerprint density at radius 3 is 0.810 bits per heavy atom. The smallest absolute Gasteiger partial charge is 0.397 e. The first kappa shape index (κ1) is 97.4. The zero-order valence-corrected chi connectivity index (χ0v) is 62.6. The molecule has 40 atom stereocenters. The van der Waals surface area contributed by atoms with E-state index in [1.54, 1.807) is 7.05 Å². The zero-order valence-electron chi connectivity index (χ0n) is 59.4. The number of ether oxygens (including phenoxy) is 16. The molecule has 8 fully saturated rings. The van der Waals surface area contributed by atoms with Crippen molar-refractivity contribution in [2.24, 2.45) is 22.9 Å². The van der Waals surface area contributed by atoms with Crippen molar-refractivity contribution in [1.82, 2.24) is 5.32 Å². The number of hydrogen-bond acceptors (Lipinski definition) is 50. The predicted molar refractivity (Wildman–Crippen MR) is 348 cm³/mol. The number of aliphatic carboxylic acids is 4. The highest BCUT2D eigenvalue weighted by Gasteiger charge is 2.62. The predicted octanol–water partition coefficient (Wildman–Crippen LogP) is -17.5. The zero-order chi connectivity index (χ0) is 86.6. The number of aliphatic hydroxyl groups excluding tert-OH is 13. The number of aliphatic hydroxyl groups is 13. The van der Waals surface area contributed by atoms with Gasteiger partial charge < -0.3 is 191 Å². The molecule has 0 aliphatic carbocycles. The average molecular weight is 1790 g/mol. The maximum absolute atomic E-state index is 13.0. The molecule has 0 aromatic rings. The molecule has 0 aromatic carbocycles. The molecule has 8 aliphatic rings. The van der Waals surface area contributed by atoms with Crippen molar-refractivity contribution >= 4 is 65.5 Å². The number of hydrogen-bond donors (Lipinski definition) is 26. The van der Waals surface area contributed by atoms with Crippen LogP contribution in [0.1, 0.15) is 19.3 Å². The molecule has 30 N–H and O–H groups in total. The van der Waals surface area contributed by atoms with Crippen molar-refractivity contribution in [2.75, 3.05) is 46.6 Å². The molecule has 0 amide bonds. The van der Waals surface area contributed by atoms with Crippen LogP contribution < -0.4 is 28.3 Å². The molecule has 116 heavy (non-hydrogen) atoms. The van der Waals surface area contributed by atoms with Crippen LogP contribution in [-0.4, -0.2) is 455 Å². The first-order chi connectivity index (χ1) is 53.8. The summed E-state index contributed by atoms with van der Waals surface area (Å²) < 4.78 is 237. The highest BCUT2D eigenvalue weighted by molar-refractivity contribution is 7.81. The summed E-state index contributed by atoms with van der Waals surface area (Å²) in [6.45, 7) is -5.19. The third-order valence-corrected chi connectivity index (χ3v) is 20.7. The Kier molecular flexibility index (Phi) is 34.1. The SMILES string of the molecule is CNCCCCCOC1OC(C(=O)O)C(OC2OC(COS(=O)(=O)O)C(OC3OC(C(=O)O)C(OC4OC(COS(=O)(=O)O)C(OC5OC(C(=O)O)C(OC6OC(COS(=O)(=O)O)C(OC7OC(C(=O)O)C(OC8OC(COS(=O)(=O)O)C(O)C(O)C8N)C(O)C7O)C(O)C6N)C(O)C5O)C(O)C4N)C(O)C3O)C(O)C2N)C(O)C1O. The Hall–Kier alpha value is -4.00. The number of rotatable bonds is 37. The normalized spacial score (nSPS) is 44.3. The number of unbranched alkanes of at least 4 members (excludes halogenated alkanes) is 2. The van der Waals surface area contributed by atoms with Gasteiger partial charge in [0.1, 0.15) is 146 Å². The maximum Gasteiger partial charge on any atom is 0.397 e. The summed E-state index contributed by atoms with van der Waals surface area (Å²) >= 11 is 0. The Balaban J connectivity index is 0.944. The fourth-order valence-electron chi connectivity index (χ4n) is 13.0. The van der Waals surface area contributed by atoms with Gasteiger partial charge in [-0.15, -0.1) is 0 Å². The van der Waals surface area contributed by atoms with E-state index in [0.29, 0.717) is 25.8 Å². The van der Waals surface area contributed by atoms with Crippen LogP contribution in [0.2, 0.25) is 0 Å². The van der Waals surface area contributed by atoms with Crippen LogP contribution in [0.4, 0.5) is 0 Å². The Morgan fingerprint density at radius 1 is 0.302 bits per heavy atom. The summed E-state index contributed by atoms with van der Waals surface area (Å²) in [5, 5.41) is 191. The lowest BCUT2D eigenvalue weighted by Crippen LogP contribution is -2.70. The van der Waals surface area contributed by atoms with E-state index in [-0.39, 0.29) is 6.61 Å². The summed E-state index contributed by atoms with van der Waals surface area (Å²) in [5.41, 5.74) is 24.6. The minimum atomic E-state index is -5.61. The molecular formula is C54H91N5O53S4. The van der Waals surface area contributed by atoms with Gasteiger partial charge in [0.25, 0.3) is 0 Å². The van der Waals surface area contributed by atoms with E-state index >= 15 is 0 Å². The fourth-order valence-corrected chi connectivity index (χ4v) is 14.2. The second-order valence-electron chi connectivity index (χ2n) is 27.0. The Morgan fingerprint density at radius 2 is 0.543 bits per heavy atom. The summed E-state index contributed by atoms with van der Waals surface area (Å²) in [5.74, 6) is -8.22. The van der Waals surface area contributed by atoms with E-state index in [4.69, 9.17) is 103 Å². The Labute approximate surface area is 653 Å². The van der Waals surface area contributed by atoms with Crippen LogP contribution >= 0.6 is 0 Å². The van der Waals surface area contributed by atoms with E-state index in [2.05, 4.69) is 22.0 Å². The van der Waals surface area contributed by atoms with Crippen molar-refractivity contribution in [2.45, 2.75) is 265 Å². The molecule has 62 heteroatoms. The van der Waals surface area contributed by atoms with Crippen LogP contribution in [-0.2, 0) is 153 Å². The summed E-state index contributed by atoms with van der Waals surface area (Å²) in [6.07, 6.45) is -84.3. The monoisotopic (exact) mass is 1790 g/mol. The van der Waals surface area contributed by atoms with Crippen molar-refractivity contribution < 1.29 is 250 Å². The summed E-state index contributed by atoms with van der Waals surface area (Å²) in [7, 11) is -20.1. The highest BCUT2D eigenvalue weighted by Crippen LogP contribution is 2.39. The minimum Gasteiger partial charge on any atom is -0.479 e. The van der Waals surface area contributed by atoms with Crippen molar-refractivity contribution in [3.8, 4) is 0 Å². The molecular weight excluding hydrogens is 1690 g/mol. The molecule has 8 heterocycles. The molecule has 0 radical (unpaired) electrons. The molecule has 674 valence electrons. The van der Waals surface area contributed by atoms with E-state index in [0.717, 1.165) is 0 Å². The minimum absolute atomic E-state index is 0.0832. The number of carbonyl (C=O) groups is 4. The molecule has 40 unspecified atom stereocenters. The molecule has 0 aromatic heterocycles. The van der Waals surface area contributed by atoms with Crippen molar-refractivity contribution in [3.05, 3.63) is 0 Å². The van der Waals surface area contributed by atoms with Crippen molar-refractivity contribution in [3.63, 3.8) is 0 Å². The van der Waals surface area contributed by atoms with Gasteiger partial charge in [0, 0.05) is 6.61 Å². The van der Waals surface area contributed by atoms with Gasteiger partial charge in [-0.3, -0.25) is 18.2 Å². The first-order valence-corrected chi connectivity index (χ1v) is 39.6. The topological polar surface area (TPSA) is 930 Å². The van der Waals surface area contributed by atoms with Crippen LogP contribution in [0.15, 0.2) is 0 Å². The average Bonchev–Trinajstić information content (AvgIpc) is 0.771. The number of nitrogens with two attached hydrogens (primary N) is 4. The molecule has 0 saturated carbocycles. The van der Waals surface area contributed by atoms with Gasteiger partial charge in [-0.25, -0.2) is 35.9 Å². The first-order valence-electron chi connectivity index (χ1n) is 34.2. The fraction of sp³-hybridized carbons (Fsp3) is 0.926. The highest BCUT2D eigenvalue weighted by atomic mass is 32.3. The van der Waals surface area contributed by atoms with Crippen LogP contribution in [0.3, 0.4) is 0 Å². The lowest BCUT2D eigenvalue weighted by Gasteiger charge is -2.50. The lowest BCUT2D eigenvalue weighted by atomic mass is 9.94.